The third-order valence-corrected chi connectivity index (χ3v) is 14.9. The molecule has 1 spiro atoms. The van der Waals surface area contributed by atoms with E-state index in [9.17, 15) is 44.0 Å². The molecule has 0 aromatic heterocycles. The van der Waals surface area contributed by atoms with Gasteiger partial charge in [0.1, 0.15) is 46.2 Å². The Hall–Kier alpha value is -6.21. The number of phenols is 2. The Labute approximate surface area is 424 Å². The van der Waals surface area contributed by atoms with Crippen LogP contribution in [0.1, 0.15) is 101 Å². The van der Waals surface area contributed by atoms with Gasteiger partial charge in [0, 0.05) is 100.0 Å². The number of rotatable bonds is 7. The van der Waals surface area contributed by atoms with Crippen LogP contribution < -0.4 is 20.8 Å². The van der Waals surface area contributed by atoms with Crippen molar-refractivity contribution in [3.05, 3.63) is 93.6 Å². The van der Waals surface area contributed by atoms with E-state index in [0.717, 1.165) is 18.7 Å². The average Bonchev–Trinajstić information content (AvgIpc) is 3.78. The SMILES string of the molecule is C/C1=C/C=C/C(C)[C@H](O)CC(O)[C@@H](C)[C@H](OC(=O)CC(=O)N2CCCN(Cc3ccc(F)cc3)CC2)CC/C=C/O[C@H]2Oc3c(C)c(O)c4c(O)c(c5c(c4c3C2=O)NC2(CCN(CC(C)C)CC2)N=5)=NC1=O. The van der Waals surface area contributed by atoms with Crippen LogP contribution in [0.25, 0.3) is 10.8 Å². The lowest BCUT2D eigenvalue weighted by Crippen LogP contribution is -2.47. The number of carbonyl (C=O) groups excluding carboxylic acids is 4. The van der Waals surface area contributed by atoms with Crippen LogP contribution >= 0.6 is 0 Å². The summed E-state index contributed by atoms with van der Waals surface area (Å²) in [6.07, 6.45) is 4.75. The molecule has 0 radical (unpaired) electrons. The lowest BCUT2D eigenvalue weighted by molar-refractivity contribution is -0.158. The van der Waals surface area contributed by atoms with Crippen molar-refractivity contribution in [2.24, 2.45) is 27.7 Å². The fraction of sp³-hybridized carbons (Fsp3) is 0.527. The molecule has 73 heavy (non-hydrogen) atoms. The number of aromatic hydroxyl groups is 2. The quantitative estimate of drug-likeness (QED) is 0.112. The van der Waals surface area contributed by atoms with Crippen molar-refractivity contribution in [3.63, 3.8) is 0 Å². The van der Waals surface area contributed by atoms with Crippen LogP contribution in [0.3, 0.4) is 0 Å². The molecule has 0 aliphatic carbocycles. The monoisotopic (exact) mass is 1010 g/mol. The molecule has 3 aromatic rings. The summed E-state index contributed by atoms with van der Waals surface area (Å²) in [5.41, 5.74) is 0.824. The average molecular weight is 1010 g/mol. The van der Waals surface area contributed by atoms with Gasteiger partial charge in [-0.05, 0) is 62.8 Å². The molecule has 17 nitrogen and oxygen atoms in total. The number of hydrogen-bond acceptors (Lipinski definition) is 15. The van der Waals surface area contributed by atoms with E-state index in [2.05, 4.69) is 34.0 Å². The van der Waals surface area contributed by atoms with Gasteiger partial charge in [0.25, 0.3) is 5.91 Å². The number of ketones is 1. The first-order valence-electron chi connectivity index (χ1n) is 25.6. The third kappa shape index (κ3) is 11.8. The van der Waals surface area contributed by atoms with Crippen molar-refractivity contribution < 1.29 is 58.2 Å². The fourth-order valence-corrected chi connectivity index (χ4v) is 10.5. The standard InChI is InChI=1S/C55H69FN6O11/c1-31(2)29-61-22-18-55(19-23-61)58-46-43-44-49(67)35(6)52-45(43)51(69)54(73-52)71-26-8-7-13-40(72-42(66)28-41(65)62-21-10-20-60(24-25-62)30-36-14-16-37(56)17-15-36)34(5)39(64)27-38(63)32(3)11-9-12-33(4)53(70)57-48(50(44)68)47(46)59-55/h8-9,11-12,14-17,26,31-32,34,38-40,54,58,63-64,67-68H,7,10,13,18-25,27-30H2,1-6H3/b11-9+,26-8+,33-12-,57-48?/t32?,34-,38-,39?,40-,54+/m1/s1. The highest BCUT2D eigenvalue weighted by Gasteiger charge is 2.44. The van der Waals surface area contributed by atoms with Gasteiger partial charge < -0.3 is 49.8 Å². The van der Waals surface area contributed by atoms with Gasteiger partial charge in [-0.1, -0.05) is 58.1 Å². The van der Waals surface area contributed by atoms with Crippen molar-refractivity contribution >= 4 is 40.0 Å². The maximum atomic E-state index is 14.5. The van der Waals surface area contributed by atoms with E-state index in [-0.39, 0.29) is 80.7 Å². The zero-order valence-corrected chi connectivity index (χ0v) is 42.6. The van der Waals surface area contributed by atoms with E-state index in [1.807, 2.05) is 0 Å². The predicted octanol–water partition coefficient (Wildman–Crippen LogP) is 5.49. The summed E-state index contributed by atoms with van der Waals surface area (Å²) >= 11 is 0. The number of amides is 2. The number of phenolic OH excluding ortho intramolecular Hbond substituents is 2. The van der Waals surface area contributed by atoms with Gasteiger partial charge in [-0.25, -0.2) is 9.38 Å². The molecule has 392 valence electrons. The molecule has 6 aliphatic heterocycles. The molecule has 6 heterocycles. The maximum Gasteiger partial charge on any atom is 0.315 e. The van der Waals surface area contributed by atoms with Gasteiger partial charge in [0.15, 0.2) is 5.75 Å². The van der Waals surface area contributed by atoms with E-state index < -0.39 is 71.9 Å². The zero-order chi connectivity index (χ0) is 52.3. The molecule has 5 N–H and O–H groups in total. The molecule has 18 heteroatoms. The van der Waals surface area contributed by atoms with Crippen molar-refractivity contribution in [1.82, 2.24) is 14.7 Å². The van der Waals surface area contributed by atoms with Crippen molar-refractivity contribution in [1.29, 1.82) is 0 Å². The second-order valence-electron chi connectivity index (χ2n) is 20.8. The number of Topliss-reactive ketones (excluding diaryl/α,β-unsaturated/α-hetero) is 1. The van der Waals surface area contributed by atoms with Crippen LogP contribution in [-0.4, -0.2) is 135 Å². The molecule has 6 aliphatic rings. The molecule has 2 fully saturated rings. The first-order valence-corrected chi connectivity index (χ1v) is 25.6. The van der Waals surface area contributed by atoms with E-state index in [0.29, 0.717) is 70.1 Å². The number of halogens is 1. The summed E-state index contributed by atoms with van der Waals surface area (Å²) < 4.78 is 31.5. The number of nitrogens with one attached hydrogen (secondary N) is 1. The summed E-state index contributed by atoms with van der Waals surface area (Å²) in [4.78, 5) is 71.1. The van der Waals surface area contributed by atoms with E-state index in [1.54, 1.807) is 63.0 Å². The minimum atomic E-state index is -1.49. The van der Waals surface area contributed by atoms with Crippen LogP contribution in [-0.2, 0) is 30.4 Å². The summed E-state index contributed by atoms with van der Waals surface area (Å²) in [5, 5.41) is 50.3. The Morgan fingerprint density at radius 3 is 2.41 bits per heavy atom. The number of fused-ring (bicyclic) bond motifs is 13. The number of aliphatic hydroxyl groups is 2. The Morgan fingerprint density at radius 2 is 1.68 bits per heavy atom. The second kappa shape index (κ2) is 22.5. The van der Waals surface area contributed by atoms with Crippen molar-refractivity contribution in [3.8, 4) is 17.2 Å². The van der Waals surface area contributed by atoms with E-state index >= 15 is 0 Å². The number of esters is 1. The van der Waals surface area contributed by atoms with Gasteiger partial charge in [-0.3, -0.25) is 29.1 Å². The highest BCUT2D eigenvalue weighted by molar-refractivity contribution is 6.20. The Balaban J connectivity index is 1.05. The number of carbonyl (C=O) groups is 4. The summed E-state index contributed by atoms with van der Waals surface area (Å²) in [5.74, 6) is -4.34. The largest absolute Gasteiger partial charge is 0.507 e. The van der Waals surface area contributed by atoms with Crippen LogP contribution in [0, 0.1) is 30.5 Å². The molecule has 3 aromatic carbocycles. The molecule has 6 atom stereocenters. The molecular formula is C55H69FN6O11. The fourth-order valence-electron chi connectivity index (χ4n) is 10.5. The minimum absolute atomic E-state index is 0.0592. The van der Waals surface area contributed by atoms with Crippen LogP contribution in [0.4, 0.5) is 10.1 Å². The molecule has 9 rings (SSSR count). The first-order chi connectivity index (χ1) is 34.8. The van der Waals surface area contributed by atoms with Gasteiger partial charge >= 0.3 is 12.3 Å². The molecule has 5 bridgehead atoms. The normalized spacial score (nSPS) is 26.8. The molecule has 0 saturated carbocycles. The van der Waals surface area contributed by atoms with Crippen molar-refractivity contribution in [2.45, 2.75) is 123 Å². The number of hydrogen-bond donors (Lipinski definition) is 5. The van der Waals surface area contributed by atoms with Crippen LogP contribution in [0.15, 0.2) is 70.4 Å². The number of anilines is 1. The van der Waals surface area contributed by atoms with Gasteiger partial charge in [-0.2, -0.15) is 0 Å². The molecular weight excluding hydrogens is 940 g/mol. The number of aliphatic hydroxyl groups excluding tert-OH is 2. The number of likely N-dealkylation sites (tertiary alicyclic amines) is 1. The summed E-state index contributed by atoms with van der Waals surface area (Å²) in [6.45, 7) is 16.0. The highest BCUT2D eigenvalue weighted by atomic mass is 19.1. The Morgan fingerprint density at radius 1 is 0.945 bits per heavy atom. The number of allylic oxidation sites excluding steroid dienone is 3. The molecule has 2 unspecified atom stereocenters. The minimum Gasteiger partial charge on any atom is -0.507 e. The number of piperidine rings is 1. The topological polar surface area (TPSA) is 223 Å². The lowest BCUT2D eigenvalue weighted by Gasteiger charge is -2.38. The van der Waals surface area contributed by atoms with E-state index in [4.69, 9.17) is 19.2 Å². The Kier molecular flexibility index (Phi) is 16.4. The highest BCUT2D eigenvalue weighted by Crippen LogP contribution is 2.49. The lowest BCUT2D eigenvalue weighted by atomic mass is 9.88. The second-order valence-corrected chi connectivity index (χ2v) is 20.8. The van der Waals surface area contributed by atoms with Crippen molar-refractivity contribution in [2.75, 3.05) is 51.1 Å². The van der Waals surface area contributed by atoms with E-state index in [1.165, 1.54) is 24.5 Å². The molecule has 2 saturated heterocycles. The number of nitrogens with zero attached hydrogens (tertiary/aromatic N) is 5. The van der Waals surface area contributed by atoms with Gasteiger partial charge in [0.2, 0.25) is 11.7 Å². The number of benzene rings is 3. The number of ether oxygens (including phenoxy) is 3. The van der Waals surface area contributed by atoms with Gasteiger partial charge in [-0.15, -0.1) is 0 Å². The Bertz CT molecular complexity index is 2820. The van der Waals surface area contributed by atoms with Crippen LogP contribution in [0.2, 0.25) is 0 Å². The summed E-state index contributed by atoms with van der Waals surface area (Å²) in [6, 6.07) is 6.32. The maximum absolute atomic E-state index is 14.5. The van der Waals surface area contributed by atoms with Crippen LogP contribution in [0.5, 0.6) is 17.2 Å². The summed E-state index contributed by atoms with van der Waals surface area (Å²) in [7, 11) is 0. The smallest absolute Gasteiger partial charge is 0.315 e. The zero-order valence-electron chi connectivity index (χ0n) is 42.6. The predicted molar refractivity (Wildman–Crippen MR) is 270 cm³/mol. The third-order valence-electron chi connectivity index (χ3n) is 14.9. The van der Waals surface area contributed by atoms with Gasteiger partial charge in [0.05, 0.1) is 35.1 Å². The first kappa shape index (κ1) is 53.1. The molecule has 2 amide bonds.